The Balaban J connectivity index is 4.45. The predicted molar refractivity (Wildman–Crippen MR) is 81.4 cm³/mol. The molecular weight excluding hydrogens is 240 g/mol. The van der Waals surface area contributed by atoms with Gasteiger partial charge in [0, 0.05) is 34.2 Å². The molecule has 0 rings (SSSR count). The molecule has 0 heterocycles. The van der Waals surface area contributed by atoms with Gasteiger partial charge in [0.15, 0.2) is 5.96 Å². The lowest BCUT2D eigenvalue weighted by molar-refractivity contribution is -0.127. The van der Waals surface area contributed by atoms with E-state index >= 15 is 0 Å². The molecular formula is C14H28N4O. The average Bonchev–Trinajstić information content (AvgIpc) is 2.38. The second kappa shape index (κ2) is 10.4. The van der Waals surface area contributed by atoms with Crippen molar-refractivity contribution < 1.29 is 4.79 Å². The third-order valence-electron chi connectivity index (χ3n) is 2.66. The van der Waals surface area contributed by atoms with Gasteiger partial charge in [-0.3, -0.25) is 4.79 Å². The van der Waals surface area contributed by atoms with Crippen molar-refractivity contribution in [2.45, 2.75) is 26.2 Å². The summed E-state index contributed by atoms with van der Waals surface area (Å²) < 4.78 is 0. The summed E-state index contributed by atoms with van der Waals surface area (Å²) in [6, 6.07) is 0. The Morgan fingerprint density at radius 1 is 1.37 bits per heavy atom. The van der Waals surface area contributed by atoms with Gasteiger partial charge in [-0.1, -0.05) is 13.0 Å². The first-order valence-corrected chi connectivity index (χ1v) is 6.83. The van der Waals surface area contributed by atoms with Crippen molar-refractivity contribution in [3.63, 3.8) is 0 Å². The van der Waals surface area contributed by atoms with E-state index in [1.54, 1.807) is 19.0 Å². The second-order valence-corrected chi connectivity index (χ2v) is 4.71. The van der Waals surface area contributed by atoms with E-state index in [9.17, 15) is 4.79 Å². The maximum absolute atomic E-state index is 11.6. The highest BCUT2D eigenvalue weighted by Gasteiger charge is 2.07. The first-order chi connectivity index (χ1) is 9.02. The van der Waals surface area contributed by atoms with Crippen LogP contribution in [-0.4, -0.2) is 62.4 Å². The molecule has 5 heteroatoms. The normalized spacial score (nSPS) is 11.1. The summed E-state index contributed by atoms with van der Waals surface area (Å²) in [6.07, 6.45) is 4.97. The van der Waals surface area contributed by atoms with Gasteiger partial charge in [-0.15, -0.1) is 6.58 Å². The lowest BCUT2D eigenvalue weighted by Crippen LogP contribution is -2.40. The molecule has 0 spiro atoms. The molecule has 0 aromatic heterocycles. The SMILES string of the molecule is C=CCCCN(C)C(=NCC(=O)N(C)C)NCCC. The van der Waals surface area contributed by atoms with Gasteiger partial charge >= 0.3 is 0 Å². The first-order valence-electron chi connectivity index (χ1n) is 6.83. The van der Waals surface area contributed by atoms with Crippen LogP contribution in [0.2, 0.25) is 0 Å². The zero-order valence-electron chi connectivity index (χ0n) is 12.8. The number of likely N-dealkylation sites (N-methyl/N-ethyl adjacent to an activating group) is 1. The summed E-state index contributed by atoms with van der Waals surface area (Å²) in [6.45, 7) is 7.77. The van der Waals surface area contributed by atoms with Crippen LogP contribution < -0.4 is 5.32 Å². The number of nitrogens with one attached hydrogen (secondary N) is 1. The highest BCUT2D eigenvalue weighted by Crippen LogP contribution is 1.95. The lowest BCUT2D eigenvalue weighted by atomic mass is 10.3. The largest absolute Gasteiger partial charge is 0.356 e. The molecule has 0 fully saturated rings. The minimum absolute atomic E-state index is 0.00953. The van der Waals surface area contributed by atoms with Crippen LogP contribution in [0, 0.1) is 0 Å². The predicted octanol–water partition coefficient (Wildman–Crippen LogP) is 1.33. The molecule has 1 N–H and O–H groups in total. The molecule has 0 aromatic rings. The van der Waals surface area contributed by atoms with Crippen LogP contribution in [-0.2, 0) is 4.79 Å². The quantitative estimate of drug-likeness (QED) is 0.313. The number of hydrogen-bond acceptors (Lipinski definition) is 2. The van der Waals surface area contributed by atoms with Gasteiger partial charge in [0.25, 0.3) is 0 Å². The standard InChI is InChI=1S/C14H28N4O/c1-6-8-9-11-18(5)14(15-10-7-2)16-12-13(19)17(3)4/h6H,1,7-12H2,2-5H3,(H,15,16). The van der Waals surface area contributed by atoms with Gasteiger partial charge in [0.1, 0.15) is 6.54 Å². The van der Waals surface area contributed by atoms with Crippen LogP contribution in [0.25, 0.3) is 0 Å². The van der Waals surface area contributed by atoms with Crippen LogP contribution in [0.3, 0.4) is 0 Å². The Kier molecular flexibility index (Phi) is 9.57. The third-order valence-corrected chi connectivity index (χ3v) is 2.66. The minimum Gasteiger partial charge on any atom is -0.356 e. The molecule has 0 aliphatic rings. The van der Waals surface area contributed by atoms with Gasteiger partial charge in [0.2, 0.25) is 5.91 Å². The third kappa shape index (κ3) is 8.24. The monoisotopic (exact) mass is 268 g/mol. The van der Waals surface area contributed by atoms with Gasteiger partial charge in [-0.05, 0) is 19.3 Å². The summed E-state index contributed by atoms with van der Waals surface area (Å²) in [5, 5.41) is 3.27. The van der Waals surface area contributed by atoms with Crippen molar-refractivity contribution >= 4 is 11.9 Å². The molecule has 0 saturated heterocycles. The summed E-state index contributed by atoms with van der Waals surface area (Å²) in [5.41, 5.74) is 0. The van der Waals surface area contributed by atoms with Crippen LogP contribution in [0.1, 0.15) is 26.2 Å². The Morgan fingerprint density at radius 3 is 2.58 bits per heavy atom. The Bertz CT molecular complexity index is 300. The van der Waals surface area contributed by atoms with Crippen LogP contribution in [0.5, 0.6) is 0 Å². The number of carbonyl (C=O) groups excluding carboxylic acids is 1. The number of aliphatic imine (C=N–C) groups is 1. The van der Waals surface area contributed by atoms with Crippen molar-refractivity contribution in [3.05, 3.63) is 12.7 Å². The minimum atomic E-state index is 0.00953. The van der Waals surface area contributed by atoms with Crippen molar-refractivity contribution in [1.29, 1.82) is 0 Å². The number of guanidine groups is 1. The fraction of sp³-hybridized carbons (Fsp3) is 0.714. The molecule has 19 heavy (non-hydrogen) atoms. The summed E-state index contributed by atoms with van der Waals surface area (Å²) >= 11 is 0. The van der Waals surface area contributed by atoms with Gasteiger partial charge in [0.05, 0.1) is 0 Å². The molecule has 0 unspecified atom stereocenters. The maximum Gasteiger partial charge on any atom is 0.243 e. The summed E-state index contributed by atoms with van der Waals surface area (Å²) in [4.78, 5) is 19.6. The van der Waals surface area contributed by atoms with E-state index in [0.717, 1.165) is 38.3 Å². The van der Waals surface area contributed by atoms with Crippen molar-refractivity contribution in [2.75, 3.05) is 40.8 Å². The van der Waals surface area contributed by atoms with E-state index < -0.39 is 0 Å². The molecule has 0 aliphatic heterocycles. The molecule has 110 valence electrons. The smallest absolute Gasteiger partial charge is 0.243 e. The fourth-order valence-corrected chi connectivity index (χ4v) is 1.41. The highest BCUT2D eigenvalue weighted by atomic mass is 16.2. The molecule has 0 aliphatic carbocycles. The van der Waals surface area contributed by atoms with E-state index in [4.69, 9.17) is 0 Å². The molecule has 0 bridgehead atoms. The molecule has 1 amide bonds. The number of carbonyl (C=O) groups is 1. The molecule has 0 saturated carbocycles. The van der Waals surface area contributed by atoms with Crippen molar-refractivity contribution in [3.8, 4) is 0 Å². The van der Waals surface area contributed by atoms with E-state index in [1.165, 1.54) is 0 Å². The molecule has 0 radical (unpaired) electrons. The van der Waals surface area contributed by atoms with Gasteiger partial charge < -0.3 is 15.1 Å². The Labute approximate surface area is 117 Å². The fourth-order valence-electron chi connectivity index (χ4n) is 1.41. The van der Waals surface area contributed by atoms with Crippen LogP contribution in [0.4, 0.5) is 0 Å². The summed E-state index contributed by atoms with van der Waals surface area (Å²) in [7, 11) is 5.47. The lowest BCUT2D eigenvalue weighted by Gasteiger charge is -2.22. The number of allylic oxidation sites excluding steroid dienone is 1. The topological polar surface area (TPSA) is 47.9 Å². The van der Waals surface area contributed by atoms with E-state index in [1.807, 2.05) is 13.1 Å². The molecule has 0 aromatic carbocycles. The van der Waals surface area contributed by atoms with Crippen molar-refractivity contribution in [1.82, 2.24) is 15.1 Å². The van der Waals surface area contributed by atoms with Crippen molar-refractivity contribution in [2.24, 2.45) is 4.99 Å². The average molecular weight is 268 g/mol. The van der Waals surface area contributed by atoms with E-state index in [2.05, 4.69) is 28.7 Å². The highest BCUT2D eigenvalue weighted by molar-refractivity contribution is 5.84. The summed E-state index contributed by atoms with van der Waals surface area (Å²) in [5.74, 6) is 0.802. The number of hydrogen-bond donors (Lipinski definition) is 1. The zero-order valence-corrected chi connectivity index (χ0v) is 12.8. The van der Waals surface area contributed by atoms with Crippen LogP contribution in [0.15, 0.2) is 17.6 Å². The zero-order chi connectivity index (χ0) is 14.7. The number of amides is 1. The molecule has 5 nitrogen and oxygen atoms in total. The Morgan fingerprint density at radius 2 is 2.05 bits per heavy atom. The number of nitrogens with zero attached hydrogens (tertiary/aromatic N) is 3. The van der Waals surface area contributed by atoms with E-state index in [0.29, 0.717) is 0 Å². The van der Waals surface area contributed by atoms with Crippen LogP contribution >= 0.6 is 0 Å². The molecule has 0 atom stereocenters. The van der Waals surface area contributed by atoms with E-state index in [-0.39, 0.29) is 12.5 Å². The number of unbranched alkanes of at least 4 members (excludes halogenated alkanes) is 1. The van der Waals surface area contributed by atoms with Gasteiger partial charge in [-0.25, -0.2) is 4.99 Å². The first kappa shape index (κ1) is 17.5. The van der Waals surface area contributed by atoms with Gasteiger partial charge in [-0.2, -0.15) is 0 Å². The number of rotatable bonds is 8. The Hall–Kier alpha value is -1.52. The second-order valence-electron chi connectivity index (χ2n) is 4.71. The maximum atomic E-state index is 11.6.